The van der Waals surface area contributed by atoms with E-state index in [2.05, 4.69) is 4.98 Å². The van der Waals surface area contributed by atoms with Crippen molar-refractivity contribution in [3.63, 3.8) is 0 Å². The lowest BCUT2D eigenvalue weighted by molar-refractivity contribution is -0.132. The SMILES string of the molecule is COC(=O)c1sc(N2C(=O)C(=O)C(=C(O)c3ccc(F)cc3)C2c2cccc(Cl)c2)nc1C. The van der Waals surface area contributed by atoms with Gasteiger partial charge in [-0.05, 0) is 48.9 Å². The van der Waals surface area contributed by atoms with Crippen molar-refractivity contribution in [2.24, 2.45) is 0 Å². The second-order valence-electron chi connectivity index (χ2n) is 7.13. The van der Waals surface area contributed by atoms with Gasteiger partial charge in [0.25, 0.3) is 5.78 Å². The molecule has 1 atom stereocenters. The first-order valence-electron chi connectivity index (χ1n) is 9.61. The minimum absolute atomic E-state index is 0.0816. The number of aliphatic hydroxyl groups is 1. The highest BCUT2D eigenvalue weighted by molar-refractivity contribution is 7.17. The first-order valence-corrected chi connectivity index (χ1v) is 10.8. The summed E-state index contributed by atoms with van der Waals surface area (Å²) in [6.45, 7) is 1.58. The van der Waals surface area contributed by atoms with E-state index in [1.807, 2.05) is 0 Å². The van der Waals surface area contributed by atoms with Crippen LogP contribution in [0.15, 0.2) is 54.1 Å². The molecule has 2 heterocycles. The molecule has 3 aromatic rings. The highest BCUT2D eigenvalue weighted by Gasteiger charge is 2.48. The van der Waals surface area contributed by atoms with Crippen molar-refractivity contribution in [3.05, 3.63) is 86.6 Å². The maximum Gasteiger partial charge on any atom is 0.350 e. The fourth-order valence-corrected chi connectivity index (χ4v) is 4.76. The molecular weight excluding hydrogens is 471 g/mol. The number of carbonyl (C=O) groups is 3. The number of esters is 1. The van der Waals surface area contributed by atoms with Gasteiger partial charge in [0.1, 0.15) is 16.5 Å². The summed E-state index contributed by atoms with van der Waals surface area (Å²) in [6, 6.07) is 10.3. The first kappa shape index (κ1) is 22.6. The van der Waals surface area contributed by atoms with Crippen LogP contribution in [-0.4, -0.2) is 34.9 Å². The highest BCUT2D eigenvalue weighted by atomic mass is 35.5. The molecule has 0 bridgehead atoms. The van der Waals surface area contributed by atoms with E-state index in [1.165, 1.54) is 19.2 Å². The van der Waals surface area contributed by atoms with Crippen molar-refractivity contribution in [2.75, 3.05) is 12.0 Å². The number of aromatic nitrogens is 1. The van der Waals surface area contributed by atoms with E-state index in [9.17, 15) is 23.9 Å². The lowest BCUT2D eigenvalue weighted by Gasteiger charge is -2.23. The van der Waals surface area contributed by atoms with Gasteiger partial charge >= 0.3 is 11.9 Å². The Labute approximate surface area is 196 Å². The molecule has 0 radical (unpaired) electrons. The van der Waals surface area contributed by atoms with E-state index in [4.69, 9.17) is 16.3 Å². The molecule has 2 aromatic carbocycles. The number of rotatable bonds is 4. The normalized spacial score (nSPS) is 17.5. The Hall–Kier alpha value is -3.56. The molecule has 1 unspecified atom stereocenters. The lowest BCUT2D eigenvalue weighted by atomic mass is 9.95. The van der Waals surface area contributed by atoms with Gasteiger partial charge in [0, 0.05) is 10.6 Å². The minimum atomic E-state index is -1.08. The zero-order valence-corrected chi connectivity index (χ0v) is 18.9. The van der Waals surface area contributed by atoms with Gasteiger partial charge < -0.3 is 9.84 Å². The van der Waals surface area contributed by atoms with Gasteiger partial charge in [-0.3, -0.25) is 14.5 Å². The number of amides is 1. The number of carbonyl (C=O) groups excluding carboxylic acids is 3. The molecule has 1 amide bonds. The number of ketones is 1. The third-order valence-corrected chi connectivity index (χ3v) is 6.46. The standard InChI is InChI=1S/C23H16ClFN2O5S/c1-11-20(22(31)32-2)33-23(26-11)27-17(13-4-3-5-14(24)10-13)16(19(29)21(27)30)18(28)12-6-8-15(25)9-7-12/h3-10,17,28H,1-2H3. The smallest absolute Gasteiger partial charge is 0.350 e. The molecule has 0 aliphatic carbocycles. The van der Waals surface area contributed by atoms with Crippen molar-refractivity contribution in [2.45, 2.75) is 13.0 Å². The molecule has 168 valence electrons. The van der Waals surface area contributed by atoms with Gasteiger partial charge in [0.05, 0.1) is 24.4 Å². The number of aryl methyl sites for hydroxylation is 1. The average molecular weight is 487 g/mol. The Morgan fingerprint density at radius 2 is 1.91 bits per heavy atom. The molecule has 7 nitrogen and oxygen atoms in total. The van der Waals surface area contributed by atoms with Crippen LogP contribution in [0.3, 0.4) is 0 Å². The van der Waals surface area contributed by atoms with Crippen LogP contribution in [-0.2, 0) is 14.3 Å². The molecule has 0 spiro atoms. The van der Waals surface area contributed by atoms with Crippen LogP contribution in [0.4, 0.5) is 9.52 Å². The van der Waals surface area contributed by atoms with E-state index in [0.717, 1.165) is 28.4 Å². The third kappa shape index (κ3) is 4.01. The molecule has 33 heavy (non-hydrogen) atoms. The summed E-state index contributed by atoms with van der Waals surface area (Å²) < 4.78 is 18.1. The van der Waals surface area contributed by atoms with Crippen molar-refractivity contribution >= 4 is 51.5 Å². The zero-order chi connectivity index (χ0) is 23.9. The molecule has 1 N–H and O–H groups in total. The summed E-state index contributed by atoms with van der Waals surface area (Å²) in [5.74, 6) is -3.50. The minimum Gasteiger partial charge on any atom is -0.507 e. The third-order valence-electron chi connectivity index (χ3n) is 5.09. The topological polar surface area (TPSA) is 96.8 Å². The fourth-order valence-electron chi connectivity index (χ4n) is 3.55. The van der Waals surface area contributed by atoms with E-state index in [-0.39, 0.29) is 21.1 Å². The summed E-state index contributed by atoms with van der Waals surface area (Å²) >= 11 is 7.05. The molecule has 10 heteroatoms. The highest BCUT2D eigenvalue weighted by Crippen LogP contribution is 2.44. The number of Topliss-reactive ketones (excluding diaryl/α,β-unsaturated/α-hetero) is 1. The molecule has 1 aliphatic heterocycles. The molecule has 4 rings (SSSR count). The number of hydrogen-bond acceptors (Lipinski definition) is 7. The largest absolute Gasteiger partial charge is 0.507 e. The number of aliphatic hydroxyl groups excluding tert-OH is 1. The van der Waals surface area contributed by atoms with Gasteiger partial charge in [-0.1, -0.05) is 35.1 Å². The summed E-state index contributed by atoms with van der Waals surface area (Å²) in [5, 5.41) is 11.4. The molecule has 1 aromatic heterocycles. The van der Waals surface area contributed by atoms with Crippen LogP contribution in [0.25, 0.3) is 5.76 Å². The van der Waals surface area contributed by atoms with Crippen molar-refractivity contribution in [1.29, 1.82) is 0 Å². The predicted molar refractivity (Wildman–Crippen MR) is 121 cm³/mol. The average Bonchev–Trinajstić information content (AvgIpc) is 3.30. The zero-order valence-electron chi connectivity index (χ0n) is 17.3. The Bertz CT molecular complexity index is 1320. The molecule has 0 saturated carbocycles. The van der Waals surface area contributed by atoms with Crippen LogP contribution < -0.4 is 4.90 Å². The van der Waals surface area contributed by atoms with Crippen molar-refractivity contribution in [1.82, 2.24) is 4.98 Å². The van der Waals surface area contributed by atoms with Gasteiger partial charge in [0.2, 0.25) is 0 Å². The number of anilines is 1. The molecule has 1 fully saturated rings. The number of thiazole rings is 1. The van der Waals surface area contributed by atoms with Crippen LogP contribution in [0.1, 0.15) is 32.5 Å². The van der Waals surface area contributed by atoms with Gasteiger partial charge in [-0.25, -0.2) is 14.2 Å². The Morgan fingerprint density at radius 1 is 1.21 bits per heavy atom. The van der Waals surface area contributed by atoms with Crippen LogP contribution in [0, 0.1) is 12.7 Å². The molecular formula is C23H16ClFN2O5S. The van der Waals surface area contributed by atoms with Gasteiger partial charge in [-0.2, -0.15) is 0 Å². The number of ether oxygens (including phenoxy) is 1. The van der Waals surface area contributed by atoms with Crippen LogP contribution in [0.5, 0.6) is 0 Å². The second-order valence-corrected chi connectivity index (χ2v) is 8.55. The maximum atomic E-state index is 13.4. The lowest BCUT2D eigenvalue weighted by Crippen LogP contribution is -2.29. The van der Waals surface area contributed by atoms with Gasteiger partial charge in [-0.15, -0.1) is 0 Å². The summed E-state index contributed by atoms with van der Waals surface area (Å²) in [4.78, 5) is 43.9. The van der Waals surface area contributed by atoms with Crippen molar-refractivity contribution in [3.8, 4) is 0 Å². The van der Waals surface area contributed by atoms with E-state index in [1.54, 1.807) is 31.2 Å². The van der Waals surface area contributed by atoms with Crippen LogP contribution >= 0.6 is 22.9 Å². The van der Waals surface area contributed by atoms with Gasteiger partial charge in [0.15, 0.2) is 5.13 Å². The Kier molecular flexibility index (Phi) is 6.01. The van der Waals surface area contributed by atoms with E-state index in [0.29, 0.717) is 16.3 Å². The number of halogens is 2. The molecule has 1 saturated heterocycles. The van der Waals surface area contributed by atoms with Crippen molar-refractivity contribution < 1.29 is 28.6 Å². The van der Waals surface area contributed by atoms with Crippen LogP contribution in [0.2, 0.25) is 5.02 Å². The fraction of sp³-hybridized carbons (Fsp3) is 0.130. The number of methoxy groups -OCH3 is 1. The Balaban J connectivity index is 1.94. The summed E-state index contributed by atoms with van der Waals surface area (Å²) in [7, 11) is 1.22. The number of nitrogens with zero attached hydrogens (tertiary/aromatic N) is 2. The summed E-state index contributed by atoms with van der Waals surface area (Å²) in [6.07, 6.45) is 0. The predicted octanol–water partition coefficient (Wildman–Crippen LogP) is 4.66. The number of benzene rings is 2. The first-order chi connectivity index (χ1) is 15.7. The maximum absolute atomic E-state index is 13.4. The van der Waals surface area contributed by atoms with E-state index >= 15 is 0 Å². The Morgan fingerprint density at radius 3 is 2.55 bits per heavy atom. The number of hydrogen-bond donors (Lipinski definition) is 1. The quantitative estimate of drug-likeness (QED) is 0.249. The monoisotopic (exact) mass is 486 g/mol. The van der Waals surface area contributed by atoms with E-state index < -0.39 is 35.3 Å². The molecule has 1 aliphatic rings. The summed E-state index contributed by atoms with van der Waals surface area (Å²) in [5.41, 5.74) is 0.721. The second kappa shape index (κ2) is 8.76.